The number of amides is 1. The van der Waals surface area contributed by atoms with Crippen molar-refractivity contribution in [3.05, 3.63) is 17.5 Å². The molecule has 3 heterocycles. The van der Waals surface area contributed by atoms with Gasteiger partial charge in [-0.3, -0.25) is 4.68 Å². The highest BCUT2D eigenvalue weighted by Gasteiger charge is 2.26. The molecule has 1 aromatic heterocycles. The number of nitrogens with one attached hydrogen (secondary N) is 1. The van der Waals surface area contributed by atoms with E-state index in [1.54, 1.807) is 4.90 Å². The zero-order valence-electron chi connectivity index (χ0n) is 14.5. The standard InChI is InChI=1S/C17H28N4O2/c1-17(2,3)23-16(22)20-9-10-21-15(12-20)11-14(19-21)7-6-13-5-4-8-18-13/h11,13,18H,4-10,12H2,1-3H3. The van der Waals surface area contributed by atoms with Crippen molar-refractivity contribution in [1.29, 1.82) is 0 Å². The van der Waals surface area contributed by atoms with Crippen LogP contribution in [0.2, 0.25) is 0 Å². The number of fused-ring (bicyclic) bond motifs is 1. The maximum atomic E-state index is 12.2. The Labute approximate surface area is 138 Å². The number of ether oxygens (including phenoxy) is 1. The normalized spacial score (nSPS) is 21.3. The maximum absolute atomic E-state index is 12.2. The molecule has 128 valence electrons. The van der Waals surface area contributed by atoms with Crippen LogP contribution >= 0.6 is 0 Å². The van der Waals surface area contributed by atoms with Gasteiger partial charge in [0.25, 0.3) is 0 Å². The monoisotopic (exact) mass is 320 g/mol. The highest BCUT2D eigenvalue weighted by molar-refractivity contribution is 5.68. The second-order valence-corrected chi connectivity index (χ2v) is 7.58. The number of hydrogen-bond donors (Lipinski definition) is 1. The number of aryl methyl sites for hydroxylation is 1. The van der Waals surface area contributed by atoms with Crippen molar-refractivity contribution in [1.82, 2.24) is 20.0 Å². The SMILES string of the molecule is CC(C)(C)OC(=O)N1CCn2nc(CCC3CCCN3)cc2C1. The van der Waals surface area contributed by atoms with Gasteiger partial charge in [-0.15, -0.1) is 0 Å². The van der Waals surface area contributed by atoms with E-state index in [1.165, 1.54) is 12.8 Å². The van der Waals surface area contributed by atoms with Gasteiger partial charge in [-0.1, -0.05) is 0 Å². The fourth-order valence-electron chi connectivity index (χ4n) is 3.26. The van der Waals surface area contributed by atoms with Crippen molar-refractivity contribution in [2.75, 3.05) is 13.1 Å². The lowest BCUT2D eigenvalue weighted by atomic mass is 10.1. The summed E-state index contributed by atoms with van der Waals surface area (Å²) in [5.74, 6) is 0. The molecule has 0 aromatic carbocycles. The molecule has 0 radical (unpaired) electrons. The Balaban J connectivity index is 1.57. The lowest BCUT2D eigenvalue weighted by molar-refractivity contribution is 0.0194. The molecule has 1 atom stereocenters. The fourth-order valence-corrected chi connectivity index (χ4v) is 3.26. The van der Waals surface area contributed by atoms with E-state index in [-0.39, 0.29) is 6.09 Å². The number of nitrogens with zero attached hydrogens (tertiary/aromatic N) is 3. The summed E-state index contributed by atoms with van der Waals surface area (Å²) in [5, 5.41) is 8.22. The average molecular weight is 320 g/mol. The van der Waals surface area contributed by atoms with E-state index < -0.39 is 5.60 Å². The van der Waals surface area contributed by atoms with Crippen LogP contribution in [-0.2, 0) is 24.2 Å². The molecule has 23 heavy (non-hydrogen) atoms. The quantitative estimate of drug-likeness (QED) is 0.928. The van der Waals surface area contributed by atoms with Gasteiger partial charge in [-0.05, 0) is 59.1 Å². The van der Waals surface area contributed by atoms with Gasteiger partial charge in [0.15, 0.2) is 0 Å². The third kappa shape index (κ3) is 4.25. The van der Waals surface area contributed by atoms with E-state index in [0.29, 0.717) is 19.1 Å². The first kappa shape index (κ1) is 16.3. The minimum absolute atomic E-state index is 0.235. The molecule has 1 saturated heterocycles. The van der Waals surface area contributed by atoms with Crippen LogP contribution in [-0.4, -0.2) is 45.5 Å². The van der Waals surface area contributed by atoms with Gasteiger partial charge in [-0.25, -0.2) is 4.79 Å². The summed E-state index contributed by atoms with van der Waals surface area (Å²) < 4.78 is 7.50. The molecule has 2 aliphatic heterocycles. The molecule has 0 aliphatic carbocycles. The van der Waals surface area contributed by atoms with Gasteiger partial charge < -0.3 is 15.0 Å². The van der Waals surface area contributed by atoms with Crippen molar-refractivity contribution >= 4 is 6.09 Å². The Hall–Kier alpha value is -1.56. The van der Waals surface area contributed by atoms with E-state index >= 15 is 0 Å². The van der Waals surface area contributed by atoms with Crippen LogP contribution < -0.4 is 5.32 Å². The van der Waals surface area contributed by atoms with E-state index in [0.717, 1.165) is 37.3 Å². The Bertz CT molecular complexity index is 555. The second-order valence-electron chi connectivity index (χ2n) is 7.58. The molecular formula is C17H28N4O2. The van der Waals surface area contributed by atoms with E-state index in [4.69, 9.17) is 9.84 Å². The smallest absolute Gasteiger partial charge is 0.410 e. The van der Waals surface area contributed by atoms with Crippen LogP contribution in [0.25, 0.3) is 0 Å². The molecule has 1 aromatic rings. The zero-order chi connectivity index (χ0) is 16.4. The van der Waals surface area contributed by atoms with Gasteiger partial charge in [0.05, 0.1) is 24.5 Å². The highest BCUT2D eigenvalue weighted by Crippen LogP contribution is 2.19. The summed E-state index contributed by atoms with van der Waals surface area (Å²) in [7, 11) is 0. The molecule has 0 bridgehead atoms. The zero-order valence-corrected chi connectivity index (χ0v) is 14.5. The Kier molecular flexibility index (Phi) is 4.62. The summed E-state index contributed by atoms with van der Waals surface area (Å²) in [6.07, 6.45) is 4.48. The van der Waals surface area contributed by atoms with Gasteiger partial charge in [0.2, 0.25) is 0 Å². The third-order valence-electron chi connectivity index (χ3n) is 4.41. The van der Waals surface area contributed by atoms with E-state index in [9.17, 15) is 4.79 Å². The number of rotatable bonds is 3. The van der Waals surface area contributed by atoms with Crippen molar-refractivity contribution in [3.8, 4) is 0 Å². The summed E-state index contributed by atoms with van der Waals surface area (Å²) >= 11 is 0. The predicted molar refractivity (Wildman–Crippen MR) is 88.2 cm³/mol. The molecule has 1 unspecified atom stereocenters. The minimum Gasteiger partial charge on any atom is -0.444 e. The van der Waals surface area contributed by atoms with E-state index in [1.807, 2.05) is 25.5 Å². The van der Waals surface area contributed by atoms with Gasteiger partial charge in [-0.2, -0.15) is 5.10 Å². The van der Waals surface area contributed by atoms with Gasteiger partial charge in [0.1, 0.15) is 5.60 Å². The molecular weight excluding hydrogens is 292 g/mol. The second kappa shape index (κ2) is 6.51. The lowest BCUT2D eigenvalue weighted by Crippen LogP contribution is -2.41. The summed E-state index contributed by atoms with van der Waals surface area (Å²) in [5.41, 5.74) is 1.80. The number of carbonyl (C=O) groups excluding carboxylic acids is 1. The Morgan fingerprint density at radius 3 is 2.96 bits per heavy atom. The van der Waals surface area contributed by atoms with Gasteiger partial charge in [0, 0.05) is 12.6 Å². The minimum atomic E-state index is -0.450. The fraction of sp³-hybridized carbons (Fsp3) is 0.765. The van der Waals surface area contributed by atoms with Crippen LogP contribution in [0, 0.1) is 0 Å². The van der Waals surface area contributed by atoms with Crippen molar-refractivity contribution in [3.63, 3.8) is 0 Å². The van der Waals surface area contributed by atoms with Gasteiger partial charge >= 0.3 is 6.09 Å². The Morgan fingerprint density at radius 2 is 2.26 bits per heavy atom. The first-order valence-electron chi connectivity index (χ1n) is 8.68. The number of aromatic nitrogens is 2. The number of carbonyl (C=O) groups is 1. The lowest BCUT2D eigenvalue weighted by Gasteiger charge is -2.30. The first-order chi connectivity index (χ1) is 10.9. The number of hydrogen-bond acceptors (Lipinski definition) is 4. The summed E-state index contributed by atoms with van der Waals surface area (Å²) in [6, 6.07) is 2.79. The Morgan fingerprint density at radius 1 is 1.43 bits per heavy atom. The van der Waals surface area contributed by atoms with Crippen LogP contribution in [0.15, 0.2) is 6.07 Å². The van der Waals surface area contributed by atoms with Crippen LogP contribution in [0.3, 0.4) is 0 Å². The molecule has 2 aliphatic rings. The average Bonchev–Trinajstić information content (AvgIpc) is 3.11. The van der Waals surface area contributed by atoms with Crippen LogP contribution in [0.5, 0.6) is 0 Å². The molecule has 1 amide bonds. The summed E-state index contributed by atoms with van der Waals surface area (Å²) in [4.78, 5) is 14.0. The molecule has 3 rings (SSSR count). The van der Waals surface area contributed by atoms with Crippen LogP contribution in [0.4, 0.5) is 4.79 Å². The van der Waals surface area contributed by atoms with Crippen molar-refractivity contribution < 1.29 is 9.53 Å². The van der Waals surface area contributed by atoms with Crippen LogP contribution in [0.1, 0.15) is 51.4 Å². The van der Waals surface area contributed by atoms with Crippen molar-refractivity contribution in [2.45, 2.75) is 71.2 Å². The highest BCUT2D eigenvalue weighted by atomic mass is 16.6. The largest absolute Gasteiger partial charge is 0.444 e. The molecule has 1 N–H and O–H groups in total. The first-order valence-corrected chi connectivity index (χ1v) is 8.68. The molecule has 6 heteroatoms. The predicted octanol–water partition coefficient (Wildman–Crippen LogP) is 2.32. The van der Waals surface area contributed by atoms with Crippen molar-refractivity contribution in [2.24, 2.45) is 0 Å². The third-order valence-corrected chi connectivity index (χ3v) is 4.41. The topological polar surface area (TPSA) is 59.4 Å². The molecule has 6 nitrogen and oxygen atoms in total. The molecule has 0 spiro atoms. The molecule has 1 fully saturated rings. The maximum Gasteiger partial charge on any atom is 0.410 e. The van der Waals surface area contributed by atoms with E-state index in [2.05, 4.69) is 11.4 Å². The molecule has 0 saturated carbocycles. The summed E-state index contributed by atoms with van der Waals surface area (Å²) in [6.45, 7) is 8.83.